The third kappa shape index (κ3) is 2.45. The number of carbonyl (C=O) groups excluding carboxylic acids is 1. The largest absolute Gasteiger partial charge is 0.334 e. The van der Waals surface area contributed by atoms with Crippen LogP contribution in [0.15, 0.2) is 41.7 Å². The Morgan fingerprint density at radius 3 is 2.96 bits per heavy atom. The molecule has 8 heteroatoms. The van der Waals surface area contributed by atoms with E-state index in [2.05, 4.69) is 20.2 Å². The van der Waals surface area contributed by atoms with Crippen LogP contribution >= 0.6 is 0 Å². The highest BCUT2D eigenvalue weighted by Gasteiger charge is 2.27. The van der Waals surface area contributed by atoms with Gasteiger partial charge in [0.2, 0.25) is 5.82 Å². The molecule has 24 heavy (non-hydrogen) atoms. The fourth-order valence-corrected chi connectivity index (χ4v) is 3.17. The molecule has 3 heterocycles. The van der Waals surface area contributed by atoms with Crippen molar-refractivity contribution in [1.29, 1.82) is 0 Å². The number of fused-ring (bicyclic) bond motifs is 1. The van der Waals surface area contributed by atoms with Crippen molar-refractivity contribution in [3.8, 4) is 0 Å². The number of aromatic nitrogens is 5. The fraction of sp³-hybridized carbons (Fsp3) is 0.312. The zero-order valence-corrected chi connectivity index (χ0v) is 12.9. The second-order valence-electron chi connectivity index (χ2n) is 5.86. The van der Waals surface area contributed by atoms with Crippen LogP contribution < -0.4 is 5.56 Å². The summed E-state index contributed by atoms with van der Waals surface area (Å²) in [6, 6.07) is 7.20. The van der Waals surface area contributed by atoms with Gasteiger partial charge in [0.25, 0.3) is 11.5 Å². The maximum absolute atomic E-state index is 12.7. The van der Waals surface area contributed by atoms with Crippen molar-refractivity contribution in [3.05, 3.63) is 53.1 Å². The molecule has 1 saturated heterocycles. The summed E-state index contributed by atoms with van der Waals surface area (Å²) in [5.74, 6) is 0.0265. The molecule has 3 aromatic rings. The molecule has 1 aliphatic rings. The number of aromatic amines is 1. The first-order chi connectivity index (χ1) is 11.7. The van der Waals surface area contributed by atoms with Crippen LogP contribution in [-0.4, -0.2) is 48.6 Å². The second kappa shape index (κ2) is 5.88. The maximum Gasteiger partial charge on any atom is 0.291 e. The molecule has 1 amide bonds. The molecule has 1 atom stereocenters. The molecular formula is C16H16N6O2. The van der Waals surface area contributed by atoms with Crippen molar-refractivity contribution < 1.29 is 4.79 Å². The van der Waals surface area contributed by atoms with Gasteiger partial charge in [-0.3, -0.25) is 19.3 Å². The molecule has 0 spiro atoms. The number of hydrogen-bond donors (Lipinski definition) is 1. The third-order valence-corrected chi connectivity index (χ3v) is 4.38. The monoisotopic (exact) mass is 324 g/mol. The lowest BCUT2D eigenvalue weighted by Gasteiger charge is -2.33. The van der Waals surface area contributed by atoms with Crippen molar-refractivity contribution >= 4 is 16.8 Å². The van der Waals surface area contributed by atoms with E-state index in [9.17, 15) is 9.59 Å². The Balaban J connectivity index is 1.64. The van der Waals surface area contributed by atoms with Gasteiger partial charge >= 0.3 is 0 Å². The lowest BCUT2D eigenvalue weighted by Crippen LogP contribution is -2.43. The van der Waals surface area contributed by atoms with E-state index in [1.54, 1.807) is 21.9 Å². The number of amides is 1. The van der Waals surface area contributed by atoms with Crippen LogP contribution in [0.3, 0.4) is 0 Å². The Morgan fingerprint density at radius 1 is 1.25 bits per heavy atom. The number of rotatable bonds is 2. The van der Waals surface area contributed by atoms with Crippen LogP contribution in [0.4, 0.5) is 0 Å². The Kier molecular flexibility index (Phi) is 3.56. The minimum absolute atomic E-state index is 0.0698. The summed E-state index contributed by atoms with van der Waals surface area (Å²) in [6.07, 6.45) is 4.55. The van der Waals surface area contributed by atoms with Gasteiger partial charge in [-0.25, -0.2) is 9.97 Å². The minimum Gasteiger partial charge on any atom is -0.334 e. The SMILES string of the molecule is O=C(c1ncn[nH]1)N1CCC[C@H](n2cnc3ccccc3c2=O)C1. The molecule has 0 aliphatic carbocycles. The van der Waals surface area contributed by atoms with Gasteiger partial charge in [0, 0.05) is 13.1 Å². The van der Waals surface area contributed by atoms with E-state index >= 15 is 0 Å². The van der Waals surface area contributed by atoms with Crippen molar-refractivity contribution in [2.45, 2.75) is 18.9 Å². The maximum atomic E-state index is 12.7. The van der Waals surface area contributed by atoms with E-state index in [1.807, 2.05) is 18.2 Å². The van der Waals surface area contributed by atoms with Crippen molar-refractivity contribution in [1.82, 2.24) is 29.6 Å². The number of para-hydroxylation sites is 1. The first-order valence-corrected chi connectivity index (χ1v) is 7.84. The van der Waals surface area contributed by atoms with Crippen molar-refractivity contribution in [2.75, 3.05) is 13.1 Å². The fourth-order valence-electron chi connectivity index (χ4n) is 3.17. The number of likely N-dealkylation sites (tertiary alicyclic amines) is 1. The Morgan fingerprint density at radius 2 is 2.12 bits per heavy atom. The Bertz CT molecular complexity index is 933. The van der Waals surface area contributed by atoms with E-state index in [-0.39, 0.29) is 23.3 Å². The molecule has 8 nitrogen and oxygen atoms in total. The number of benzene rings is 1. The van der Waals surface area contributed by atoms with Crippen LogP contribution in [0.25, 0.3) is 10.9 Å². The smallest absolute Gasteiger partial charge is 0.291 e. The molecule has 0 radical (unpaired) electrons. The molecule has 1 aliphatic heterocycles. The Labute approximate surface area is 137 Å². The predicted octanol–water partition coefficient (Wildman–Crippen LogP) is 0.992. The summed E-state index contributed by atoms with van der Waals surface area (Å²) in [4.78, 5) is 35.1. The first kappa shape index (κ1) is 14.6. The molecule has 2 aromatic heterocycles. The van der Waals surface area contributed by atoms with Gasteiger partial charge in [-0.1, -0.05) is 12.1 Å². The summed E-state index contributed by atoms with van der Waals surface area (Å²) in [6.45, 7) is 1.10. The van der Waals surface area contributed by atoms with Gasteiger partial charge in [0.15, 0.2) is 0 Å². The van der Waals surface area contributed by atoms with Crippen LogP contribution in [0.1, 0.15) is 29.5 Å². The van der Waals surface area contributed by atoms with Gasteiger partial charge in [-0.2, -0.15) is 5.10 Å². The zero-order valence-electron chi connectivity index (χ0n) is 12.9. The highest BCUT2D eigenvalue weighted by atomic mass is 16.2. The first-order valence-electron chi connectivity index (χ1n) is 7.84. The number of carbonyl (C=O) groups is 1. The van der Waals surface area contributed by atoms with E-state index in [1.165, 1.54) is 6.33 Å². The predicted molar refractivity (Wildman–Crippen MR) is 86.6 cm³/mol. The van der Waals surface area contributed by atoms with E-state index in [0.29, 0.717) is 24.0 Å². The topological polar surface area (TPSA) is 96.8 Å². The number of H-pyrrole nitrogens is 1. The van der Waals surface area contributed by atoms with Gasteiger partial charge in [0.1, 0.15) is 6.33 Å². The lowest BCUT2D eigenvalue weighted by molar-refractivity contribution is 0.0665. The molecule has 1 fully saturated rings. The molecule has 1 aromatic carbocycles. The summed E-state index contributed by atoms with van der Waals surface area (Å²) in [5, 5.41) is 6.90. The van der Waals surface area contributed by atoms with Gasteiger partial charge in [0.05, 0.1) is 23.3 Å². The van der Waals surface area contributed by atoms with Crippen LogP contribution in [0.2, 0.25) is 0 Å². The molecule has 122 valence electrons. The standard InChI is InChI=1S/C16H16N6O2/c23-15-12-5-1-2-6-13(12)18-10-22(15)11-4-3-7-21(8-11)16(24)14-17-9-19-20-14/h1-2,5-6,9-11H,3-4,7-8H2,(H,17,19,20)/t11-/m0/s1. The summed E-state index contributed by atoms with van der Waals surface area (Å²) < 4.78 is 1.64. The molecule has 0 saturated carbocycles. The quantitative estimate of drug-likeness (QED) is 0.758. The highest BCUT2D eigenvalue weighted by Crippen LogP contribution is 2.21. The van der Waals surface area contributed by atoms with Crippen molar-refractivity contribution in [3.63, 3.8) is 0 Å². The normalized spacial score (nSPS) is 18.0. The summed E-state index contributed by atoms with van der Waals surface area (Å²) in [7, 11) is 0. The molecule has 0 bridgehead atoms. The third-order valence-electron chi connectivity index (χ3n) is 4.38. The van der Waals surface area contributed by atoms with E-state index < -0.39 is 0 Å². The minimum atomic E-state index is -0.195. The second-order valence-corrected chi connectivity index (χ2v) is 5.86. The lowest BCUT2D eigenvalue weighted by atomic mass is 10.0. The molecule has 0 unspecified atom stereocenters. The average molecular weight is 324 g/mol. The summed E-state index contributed by atoms with van der Waals surface area (Å²) >= 11 is 0. The number of nitrogens with one attached hydrogen (secondary N) is 1. The number of piperidine rings is 1. The van der Waals surface area contributed by atoms with Crippen LogP contribution in [0.5, 0.6) is 0 Å². The zero-order chi connectivity index (χ0) is 16.5. The average Bonchev–Trinajstić information content (AvgIpc) is 3.16. The number of nitrogens with zero attached hydrogens (tertiary/aromatic N) is 5. The highest BCUT2D eigenvalue weighted by molar-refractivity contribution is 5.90. The molecule has 1 N–H and O–H groups in total. The van der Waals surface area contributed by atoms with Gasteiger partial charge in [-0.05, 0) is 25.0 Å². The summed E-state index contributed by atoms with van der Waals surface area (Å²) in [5.41, 5.74) is 0.615. The van der Waals surface area contributed by atoms with Crippen molar-refractivity contribution in [2.24, 2.45) is 0 Å². The molecule has 4 rings (SSSR count). The van der Waals surface area contributed by atoms with Crippen LogP contribution in [-0.2, 0) is 0 Å². The van der Waals surface area contributed by atoms with Crippen LogP contribution in [0, 0.1) is 0 Å². The van der Waals surface area contributed by atoms with Gasteiger partial charge < -0.3 is 4.90 Å². The number of hydrogen-bond acceptors (Lipinski definition) is 5. The van der Waals surface area contributed by atoms with E-state index in [0.717, 1.165) is 12.8 Å². The van der Waals surface area contributed by atoms with E-state index in [4.69, 9.17) is 0 Å². The van der Waals surface area contributed by atoms with Gasteiger partial charge in [-0.15, -0.1) is 0 Å². The molecular weight excluding hydrogens is 308 g/mol. The Hall–Kier alpha value is -3.03.